The van der Waals surface area contributed by atoms with Crippen LogP contribution in [0, 0.1) is 12.8 Å². The molecule has 2 aromatic rings. The highest BCUT2D eigenvalue weighted by atomic mass is 32.1. The molecule has 0 spiro atoms. The summed E-state index contributed by atoms with van der Waals surface area (Å²) in [5, 5.41) is 8.86. The van der Waals surface area contributed by atoms with E-state index in [1.165, 1.54) is 36.2 Å². The molecule has 2 fully saturated rings. The molecule has 1 aliphatic heterocycles. The zero-order chi connectivity index (χ0) is 22.5. The SMILES string of the molecule is Cc1ccc(-c2csc(NC(=O)C(C)N3CCC(NC(=O)C4CCCCC4)CC3)n2)cc1. The van der Waals surface area contributed by atoms with Gasteiger partial charge in [-0.2, -0.15) is 0 Å². The van der Waals surface area contributed by atoms with Crippen LogP contribution in [-0.2, 0) is 9.59 Å². The van der Waals surface area contributed by atoms with Crippen molar-refractivity contribution in [3.8, 4) is 11.3 Å². The van der Waals surface area contributed by atoms with Crippen molar-refractivity contribution in [1.29, 1.82) is 0 Å². The molecule has 172 valence electrons. The number of nitrogens with zero attached hydrogens (tertiary/aromatic N) is 2. The molecule has 1 saturated carbocycles. The van der Waals surface area contributed by atoms with E-state index in [0.717, 1.165) is 50.0 Å². The molecule has 1 aromatic carbocycles. The van der Waals surface area contributed by atoms with E-state index in [0.29, 0.717) is 5.13 Å². The van der Waals surface area contributed by atoms with Gasteiger partial charge in [0.15, 0.2) is 5.13 Å². The largest absolute Gasteiger partial charge is 0.353 e. The first-order chi connectivity index (χ1) is 15.5. The summed E-state index contributed by atoms with van der Waals surface area (Å²) in [6.45, 7) is 5.64. The average Bonchev–Trinajstić information content (AvgIpc) is 3.28. The van der Waals surface area contributed by atoms with Gasteiger partial charge in [0.05, 0.1) is 11.7 Å². The third-order valence-corrected chi connectivity index (χ3v) is 7.62. The predicted molar refractivity (Wildman–Crippen MR) is 130 cm³/mol. The van der Waals surface area contributed by atoms with Crippen LogP contribution in [0.15, 0.2) is 29.6 Å². The number of aryl methyl sites for hydroxylation is 1. The van der Waals surface area contributed by atoms with Crippen LogP contribution in [0.3, 0.4) is 0 Å². The lowest BCUT2D eigenvalue weighted by Gasteiger charge is -2.36. The summed E-state index contributed by atoms with van der Waals surface area (Å²) in [5.41, 5.74) is 3.15. The van der Waals surface area contributed by atoms with E-state index < -0.39 is 0 Å². The number of likely N-dealkylation sites (tertiary alicyclic amines) is 1. The fourth-order valence-electron chi connectivity index (χ4n) is 4.68. The second-order valence-electron chi connectivity index (χ2n) is 9.22. The van der Waals surface area contributed by atoms with Crippen LogP contribution in [0.2, 0.25) is 0 Å². The number of thiazole rings is 1. The molecule has 0 radical (unpaired) electrons. The number of benzene rings is 1. The molecule has 7 heteroatoms. The Bertz CT molecular complexity index is 912. The fraction of sp³-hybridized carbons (Fsp3) is 0.560. The summed E-state index contributed by atoms with van der Waals surface area (Å²) in [5.74, 6) is 0.413. The molecular weight excluding hydrogens is 420 g/mol. The van der Waals surface area contributed by atoms with Gasteiger partial charge in [-0.3, -0.25) is 14.5 Å². The van der Waals surface area contributed by atoms with Gasteiger partial charge in [0.1, 0.15) is 0 Å². The van der Waals surface area contributed by atoms with E-state index in [4.69, 9.17) is 0 Å². The Kier molecular flexibility index (Phi) is 7.58. The van der Waals surface area contributed by atoms with Crippen molar-refractivity contribution in [3.63, 3.8) is 0 Å². The summed E-state index contributed by atoms with van der Waals surface area (Å²) in [6, 6.07) is 8.24. The molecule has 6 nitrogen and oxygen atoms in total. The second-order valence-corrected chi connectivity index (χ2v) is 10.1. The first-order valence-electron chi connectivity index (χ1n) is 11.9. The number of hydrogen-bond acceptors (Lipinski definition) is 5. The molecule has 2 amide bonds. The average molecular weight is 455 g/mol. The molecule has 2 N–H and O–H groups in total. The molecule has 32 heavy (non-hydrogen) atoms. The van der Waals surface area contributed by atoms with Crippen LogP contribution >= 0.6 is 11.3 Å². The number of amides is 2. The standard InChI is InChI=1S/C25H34N4O2S/c1-17-8-10-19(11-9-17)22-16-32-25(27-22)28-23(30)18(2)29-14-12-21(13-15-29)26-24(31)20-6-4-3-5-7-20/h8-11,16,18,20-21H,3-7,12-15H2,1-2H3,(H,26,31)(H,27,28,30). The third kappa shape index (κ3) is 5.75. The topological polar surface area (TPSA) is 74.3 Å². The summed E-state index contributed by atoms with van der Waals surface area (Å²) in [4.78, 5) is 32.1. The van der Waals surface area contributed by atoms with Crippen molar-refractivity contribution in [1.82, 2.24) is 15.2 Å². The zero-order valence-electron chi connectivity index (χ0n) is 19.1. The van der Waals surface area contributed by atoms with Gasteiger partial charge in [-0.15, -0.1) is 11.3 Å². The molecule has 0 bridgehead atoms. The highest BCUT2D eigenvalue weighted by molar-refractivity contribution is 7.14. The number of carbonyl (C=O) groups is 2. The number of hydrogen-bond donors (Lipinski definition) is 2. The maximum atomic E-state index is 12.8. The van der Waals surface area contributed by atoms with Gasteiger partial charge in [-0.25, -0.2) is 4.98 Å². The molecular formula is C25H34N4O2S. The first-order valence-corrected chi connectivity index (χ1v) is 12.8. The van der Waals surface area contributed by atoms with E-state index >= 15 is 0 Å². The lowest BCUT2D eigenvalue weighted by molar-refractivity contribution is -0.127. The summed E-state index contributed by atoms with van der Waals surface area (Å²) in [6.07, 6.45) is 7.46. The molecule has 1 unspecified atom stereocenters. The summed E-state index contributed by atoms with van der Waals surface area (Å²) < 4.78 is 0. The molecule has 4 rings (SSSR count). The Balaban J connectivity index is 1.24. The van der Waals surface area contributed by atoms with E-state index in [1.54, 1.807) is 0 Å². The van der Waals surface area contributed by atoms with Crippen molar-refractivity contribution in [2.45, 2.75) is 70.9 Å². The van der Waals surface area contributed by atoms with Gasteiger partial charge in [-0.1, -0.05) is 49.1 Å². The van der Waals surface area contributed by atoms with Gasteiger partial charge in [0.25, 0.3) is 0 Å². The Morgan fingerprint density at radius 3 is 2.44 bits per heavy atom. The summed E-state index contributed by atoms with van der Waals surface area (Å²) in [7, 11) is 0. The number of nitrogens with one attached hydrogen (secondary N) is 2. The number of piperidine rings is 1. The van der Waals surface area contributed by atoms with Crippen LogP contribution in [0.5, 0.6) is 0 Å². The maximum Gasteiger partial charge on any atom is 0.243 e. The molecule has 1 aromatic heterocycles. The minimum Gasteiger partial charge on any atom is -0.353 e. The van der Waals surface area contributed by atoms with E-state index in [1.807, 2.05) is 12.3 Å². The van der Waals surface area contributed by atoms with Crippen molar-refractivity contribution < 1.29 is 9.59 Å². The number of rotatable bonds is 6. The fourth-order valence-corrected chi connectivity index (χ4v) is 5.40. The molecule has 2 heterocycles. The van der Waals surface area contributed by atoms with Crippen molar-refractivity contribution in [3.05, 3.63) is 35.2 Å². The van der Waals surface area contributed by atoms with E-state index in [-0.39, 0.29) is 29.8 Å². The predicted octanol–water partition coefficient (Wildman–Crippen LogP) is 4.61. The van der Waals surface area contributed by atoms with Gasteiger partial charge >= 0.3 is 0 Å². The molecule has 1 atom stereocenters. The van der Waals surface area contributed by atoms with Crippen molar-refractivity contribution in [2.24, 2.45) is 5.92 Å². The zero-order valence-corrected chi connectivity index (χ0v) is 19.9. The van der Waals surface area contributed by atoms with Crippen LogP contribution in [-0.4, -0.2) is 46.9 Å². The van der Waals surface area contributed by atoms with Crippen LogP contribution in [0.25, 0.3) is 11.3 Å². The number of carbonyl (C=O) groups excluding carboxylic acids is 2. The Hall–Kier alpha value is -2.25. The third-order valence-electron chi connectivity index (χ3n) is 6.86. The normalized spacial score (nSPS) is 19.4. The van der Waals surface area contributed by atoms with Crippen LogP contribution < -0.4 is 10.6 Å². The minimum absolute atomic E-state index is 0.0282. The van der Waals surface area contributed by atoms with Crippen LogP contribution in [0.4, 0.5) is 5.13 Å². The highest BCUT2D eigenvalue weighted by Crippen LogP contribution is 2.26. The second kappa shape index (κ2) is 10.6. The lowest BCUT2D eigenvalue weighted by atomic mass is 9.88. The smallest absolute Gasteiger partial charge is 0.243 e. The number of aromatic nitrogens is 1. The van der Waals surface area contributed by atoms with Crippen molar-refractivity contribution >= 4 is 28.3 Å². The van der Waals surface area contributed by atoms with Gasteiger partial charge in [0, 0.05) is 36.0 Å². The Morgan fingerprint density at radius 1 is 1.06 bits per heavy atom. The highest BCUT2D eigenvalue weighted by Gasteiger charge is 2.29. The van der Waals surface area contributed by atoms with Gasteiger partial charge in [-0.05, 0) is 39.5 Å². The van der Waals surface area contributed by atoms with E-state index in [2.05, 4.69) is 51.7 Å². The summed E-state index contributed by atoms with van der Waals surface area (Å²) >= 11 is 1.45. The van der Waals surface area contributed by atoms with Crippen molar-refractivity contribution in [2.75, 3.05) is 18.4 Å². The monoisotopic (exact) mass is 454 g/mol. The van der Waals surface area contributed by atoms with Crippen LogP contribution in [0.1, 0.15) is 57.4 Å². The quantitative estimate of drug-likeness (QED) is 0.669. The molecule has 1 aliphatic carbocycles. The Labute approximate surface area is 194 Å². The lowest BCUT2D eigenvalue weighted by Crippen LogP contribution is -2.51. The number of anilines is 1. The van der Waals surface area contributed by atoms with Gasteiger partial charge in [0.2, 0.25) is 11.8 Å². The van der Waals surface area contributed by atoms with Gasteiger partial charge < -0.3 is 10.6 Å². The Morgan fingerprint density at radius 2 is 1.75 bits per heavy atom. The van der Waals surface area contributed by atoms with E-state index in [9.17, 15) is 9.59 Å². The molecule has 2 aliphatic rings. The molecule has 1 saturated heterocycles. The minimum atomic E-state index is -0.225. The maximum absolute atomic E-state index is 12.8. The first kappa shape index (κ1) is 22.9.